The quantitative estimate of drug-likeness (QED) is 0.117. The molecule has 4 atom stereocenters. The number of aryl methyl sites for hydroxylation is 1. The highest BCUT2D eigenvalue weighted by molar-refractivity contribution is 7.73. The number of aliphatic carboxylic acids is 1. The SMILES string of the molecule is C=C(C)[C@@H]1CCC(C)=C[C@H]1c1c(O)cc(CCCCC)cc1OP(=O)(C(=O)OCC)N(Cc1ccccc1)[C@@H](C)C(=O)O. The van der Waals surface area contributed by atoms with E-state index in [0.29, 0.717) is 17.5 Å². The average Bonchev–Trinajstić information content (AvgIpc) is 2.96. The zero-order valence-corrected chi connectivity index (χ0v) is 26.9. The van der Waals surface area contributed by atoms with Crippen LogP contribution in [0.15, 0.2) is 66.3 Å². The molecule has 1 unspecified atom stereocenters. The number of phenols is 1. The number of aromatic hydroxyl groups is 1. The molecule has 9 heteroatoms. The first-order chi connectivity index (χ1) is 20.4. The van der Waals surface area contributed by atoms with Crippen LogP contribution in [0.2, 0.25) is 0 Å². The second-order valence-electron chi connectivity index (χ2n) is 11.4. The summed E-state index contributed by atoms with van der Waals surface area (Å²) in [6.45, 7) is 13.0. The maximum absolute atomic E-state index is 15.0. The molecule has 8 nitrogen and oxygen atoms in total. The van der Waals surface area contributed by atoms with Crippen molar-refractivity contribution in [2.45, 2.75) is 91.6 Å². The first kappa shape index (κ1) is 34.1. The number of hydrogen-bond acceptors (Lipinski definition) is 6. The van der Waals surface area contributed by atoms with Crippen LogP contribution in [0.4, 0.5) is 4.79 Å². The lowest BCUT2D eigenvalue weighted by atomic mass is 9.73. The summed E-state index contributed by atoms with van der Waals surface area (Å²) in [6, 6.07) is 11.0. The van der Waals surface area contributed by atoms with E-state index >= 15 is 0 Å². The highest BCUT2D eigenvalue weighted by Gasteiger charge is 2.48. The van der Waals surface area contributed by atoms with Crippen molar-refractivity contribution in [3.05, 3.63) is 83.0 Å². The van der Waals surface area contributed by atoms with Crippen LogP contribution in [0, 0.1) is 5.92 Å². The molecule has 2 aromatic rings. The lowest BCUT2D eigenvalue weighted by Gasteiger charge is -2.35. The highest BCUT2D eigenvalue weighted by atomic mass is 31.2. The lowest BCUT2D eigenvalue weighted by molar-refractivity contribution is -0.141. The molecular weight excluding hydrogens is 565 g/mol. The molecule has 43 heavy (non-hydrogen) atoms. The number of ether oxygens (including phenoxy) is 1. The molecule has 0 saturated heterocycles. The predicted octanol–water partition coefficient (Wildman–Crippen LogP) is 8.84. The maximum atomic E-state index is 15.0. The van der Waals surface area contributed by atoms with Gasteiger partial charge in [-0.3, -0.25) is 4.79 Å². The normalized spacial score (nSPS) is 18.8. The van der Waals surface area contributed by atoms with Crippen LogP contribution in [0.1, 0.15) is 89.3 Å². The largest absolute Gasteiger partial charge is 0.507 e. The van der Waals surface area contributed by atoms with E-state index in [-0.39, 0.29) is 36.5 Å². The Labute approximate surface area is 255 Å². The molecule has 2 N–H and O–H groups in total. The fourth-order valence-corrected chi connectivity index (χ4v) is 7.60. The van der Waals surface area contributed by atoms with Crippen LogP contribution in [0.3, 0.4) is 0 Å². The van der Waals surface area contributed by atoms with Gasteiger partial charge in [0.2, 0.25) is 0 Å². The summed E-state index contributed by atoms with van der Waals surface area (Å²) in [4.78, 5) is 25.9. The van der Waals surface area contributed by atoms with Crippen molar-refractivity contribution in [3.63, 3.8) is 0 Å². The first-order valence-electron chi connectivity index (χ1n) is 15.1. The van der Waals surface area contributed by atoms with Crippen molar-refractivity contribution in [3.8, 4) is 11.5 Å². The van der Waals surface area contributed by atoms with Crippen molar-refractivity contribution in [1.29, 1.82) is 0 Å². The Morgan fingerprint density at radius 1 is 1.14 bits per heavy atom. The second kappa shape index (κ2) is 15.4. The summed E-state index contributed by atoms with van der Waals surface area (Å²) >= 11 is 0. The minimum Gasteiger partial charge on any atom is -0.507 e. The molecule has 0 heterocycles. The van der Waals surface area contributed by atoms with Gasteiger partial charge in [-0.1, -0.05) is 73.9 Å². The number of allylic oxidation sites excluding steroid dienone is 3. The number of nitrogens with zero attached hydrogens (tertiary/aromatic N) is 1. The van der Waals surface area contributed by atoms with Gasteiger partial charge >= 0.3 is 19.2 Å². The van der Waals surface area contributed by atoms with Crippen LogP contribution < -0.4 is 4.52 Å². The zero-order chi connectivity index (χ0) is 31.7. The molecule has 2 aromatic carbocycles. The Balaban J connectivity index is 2.26. The molecule has 0 radical (unpaired) electrons. The summed E-state index contributed by atoms with van der Waals surface area (Å²) in [7, 11) is -4.71. The number of unbranched alkanes of at least 4 members (excludes halogenated alkanes) is 2. The number of carbonyl (C=O) groups is 2. The van der Waals surface area contributed by atoms with Gasteiger partial charge in [-0.2, -0.15) is 4.67 Å². The van der Waals surface area contributed by atoms with E-state index in [9.17, 15) is 24.4 Å². The fraction of sp³-hybridized carbons (Fsp3) is 0.471. The monoisotopic (exact) mass is 611 g/mol. The summed E-state index contributed by atoms with van der Waals surface area (Å²) in [5.41, 5.74) is 2.74. The van der Waals surface area contributed by atoms with E-state index in [4.69, 9.17) is 9.26 Å². The van der Waals surface area contributed by atoms with E-state index in [0.717, 1.165) is 53.5 Å². The molecular formula is C34H46NO7P. The minimum atomic E-state index is -4.71. The van der Waals surface area contributed by atoms with Crippen LogP contribution in [0.5, 0.6) is 11.5 Å². The summed E-state index contributed by atoms with van der Waals surface area (Å²) in [5.74, 6) is -1.58. The van der Waals surface area contributed by atoms with Crippen molar-refractivity contribution >= 4 is 19.2 Å². The Hall–Kier alpha value is -3.35. The molecule has 234 valence electrons. The number of hydrogen-bond donors (Lipinski definition) is 2. The average molecular weight is 612 g/mol. The van der Waals surface area contributed by atoms with Gasteiger partial charge in [0.15, 0.2) is 0 Å². The number of carboxylic acid groups (broad SMARTS) is 1. The minimum absolute atomic E-state index is 0.0248. The van der Waals surface area contributed by atoms with Crippen molar-refractivity contribution in [2.75, 3.05) is 6.61 Å². The maximum Gasteiger partial charge on any atom is 0.427 e. The summed E-state index contributed by atoms with van der Waals surface area (Å²) in [6.07, 6.45) is 7.27. The van der Waals surface area contributed by atoms with Crippen molar-refractivity contribution in [1.82, 2.24) is 4.67 Å². The Bertz CT molecular complexity index is 1370. The molecule has 0 aliphatic heterocycles. The van der Waals surface area contributed by atoms with Crippen molar-refractivity contribution < 1.29 is 33.6 Å². The molecule has 1 aliphatic carbocycles. The Kier molecular flexibility index (Phi) is 12.2. The van der Waals surface area contributed by atoms with Crippen LogP contribution in [-0.2, 0) is 27.1 Å². The predicted molar refractivity (Wildman–Crippen MR) is 170 cm³/mol. The highest BCUT2D eigenvalue weighted by Crippen LogP contribution is 2.57. The standard InChI is InChI=1S/C34H46NO7P/c1-7-9-11-16-27-20-30(36)32(29-19-24(5)17-18-28(29)23(3)4)31(21-27)42-43(40,34(39)41-8-2)35(25(6)33(37)38)22-26-14-12-10-13-15-26/h10,12-15,19-21,25,28-29,36H,3,7-9,11,16-18,22H2,1-2,4-6H3,(H,37,38)/t25-,28-,29+,43?/m0/s1. The topological polar surface area (TPSA) is 113 Å². The van der Waals surface area contributed by atoms with Crippen molar-refractivity contribution in [2.24, 2.45) is 5.92 Å². The molecule has 3 rings (SSSR count). The first-order valence-corrected chi connectivity index (χ1v) is 16.7. The Morgan fingerprint density at radius 2 is 1.84 bits per heavy atom. The van der Waals surface area contributed by atoms with E-state index in [1.165, 1.54) is 6.92 Å². The van der Waals surface area contributed by atoms with Gasteiger partial charge in [0.05, 0.1) is 6.61 Å². The number of benzene rings is 2. The number of phenolic OH excluding ortho intramolecular Hbond substituents is 1. The molecule has 0 spiro atoms. The number of carbonyl (C=O) groups excluding carboxylic acids is 1. The summed E-state index contributed by atoms with van der Waals surface area (Å²) < 4.78 is 27.6. The van der Waals surface area contributed by atoms with Gasteiger partial charge in [0, 0.05) is 18.0 Å². The third kappa shape index (κ3) is 8.39. The van der Waals surface area contributed by atoms with E-state index < -0.39 is 25.2 Å². The summed E-state index contributed by atoms with van der Waals surface area (Å²) in [5, 5.41) is 21.6. The number of carboxylic acids is 1. The Morgan fingerprint density at radius 3 is 2.44 bits per heavy atom. The van der Waals surface area contributed by atoms with Gasteiger partial charge < -0.3 is 19.5 Å². The van der Waals surface area contributed by atoms with E-state index in [1.807, 2.05) is 19.9 Å². The van der Waals surface area contributed by atoms with E-state index in [1.54, 1.807) is 43.3 Å². The smallest absolute Gasteiger partial charge is 0.427 e. The molecule has 0 saturated carbocycles. The molecule has 0 bridgehead atoms. The number of rotatable bonds is 15. The lowest BCUT2D eigenvalue weighted by Crippen LogP contribution is -2.39. The van der Waals surface area contributed by atoms with Gasteiger partial charge in [0.1, 0.15) is 17.5 Å². The van der Waals surface area contributed by atoms with Crippen LogP contribution in [-0.4, -0.2) is 39.2 Å². The van der Waals surface area contributed by atoms with Gasteiger partial charge in [-0.25, -0.2) is 9.36 Å². The van der Waals surface area contributed by atoms with Crippen LogP contribution in [0.25, 0.3) is 0 Å². The third-order valence-corrected chi connectivity index (χ3v) is 10.2. The zero-order valence-electron chi connectivity index (χ0n) is 26.0. The third-order valence-electron chi connectivity index (χ3n) is 8.01. The second-order valence-corrected chi connectivity index (χ2v) is 13.5. The van der Waals surface area contributed by atoms with Gasteiger partial charge in [-0.15, -0.1) is 0 Å². The molecule has 0 amide bonds. The van der Waals surface area contributed by atoms with Crippen LogP contribution >= 0.6 is 7.52 Å². The fourth-order valence-electron chi connectivity index (χ4n) is 5.60. The van der Waals surface area contributed by atoms with E-state index in [2.05, 4.69) is 19.6 Å². The van der Waals surface area contributed by atoms with Gasteiger partial charge in [0.25, 0.3) is 0 Å². The molecule has 0 aromatic heterocycles. The van der Waals surface area contributed by atoms with Gasteiger partial charge in [-0.05, 0) is 82.6 Å². The molecule has 1 aliphatic rings. The molecule has 0 fully saturated rings.